The molecule has 0 aromatic heterocycles. The Labute approximate surface area is 113 Å². The van der Waals surface area contributed by atoms with Gasteiger partial charge in [-0.15, -0.1) is 0 Å². The van der Waals surface area contributed by atoms with E-state index in [-0.39, 0.29) is 0 Å². The fraction of sp³-hybridized carbons (Fsp3) is 0.538. The van der Waals surface area contributed by atoms with Gasteiger partial charge in [-0.3, -0.25) is 0 Å². The van der Waals surface area contributed by atoms with Gasteiger partial charge in [-0.1, -0.05) is 0 Å². The zero-order valence-corrected chi connectivity index (χ0v) is 13.7. The molecule has 16 heavy (non-hydrogen) atoms. The molecule has 0 amide bonds. The average Bonchev–Trinajstić information content (AvgIpc) is 2.16. The van der Waals surface area contributed by atoms with Crippen molar-refractivity contribution in [3.63, 3.8) is 0 Å². The molecular weight excluding hydrogens is 302 g/mol. The predicted octanol–water partition coefficient (Wildman–Crippen LogP) is 5.33. The maximum absolute atomic E-state index is 6.70. The van der Waals surface area contributed by atoms with Crippen LogP contribution in [0.5, 0.6) is 0 Å². The topological polar surface area (TPSA) is 0 Å². The molecule has 92 valence electrons. The monoisotopic (exact) mass is 322 g/mol. The molecule has 0 spiro atoms. The van der Waals surface area contributed by atoms with E-state index in [1.165, 1.54) is 35.7 Å². The number of halogens is 2. The second-order valence-electron chi connectivity index (χ2n) is 4.54. The van der Waals surface area contributed by atoms with Crippen LogP contribution >= 0.6 is 32.0 Å². The minimum atomic E-state index is -1.89. The average molecular weight is 324 g/mol. The van der Waals surface area contributed by atoms with E-state index < -0.39 is 5.32 Å². The van der Waals surface area contributed by atoms with E-state index in [9.17, 15) is 0 Å². The van der Waals surface area contributed by atoms with E-state index in [1.54, 1.807) is 0 Å². The third kappa shape index (κ3) is 4.35. The maximum atomic E-state index is 6.70. The molecule has 0 unspecified atom stereocenters. The van der Waals surface area contributed by atoms with Gasteiger partial charge >= 0.3 is 113 Å². The number of unbranched alkanes of at least 4 members (excludes halogenated alkanes) is 2. The van der Waals surface area contributed by atoms with Crippen LogP contribution in [0.3, 0.4) is 0 Å². The van der Waals surface area contributed by atoms with Gasteiger partial charge in [0.05, 0.1) is 0 Å². The summed E-state index contributed by atoms with van der Waals surface area (Å²) in [7, 11) is 0. The van der Waals surface area contributed by atoms with E-state index in [2.05, 4.69) is 54.5 Å². The number of rotatable bonds is 5. The molecule has 0 atom stereocenters. The van der Waals surface area contributed by atoms with Gasteiger partial charge in [0.15, 0.2) is 0 Å². The van der Waals surface area contributed by atoms with Gasteiger partial charge in [0, 0.05) is 0 Å². The van der Waals surface area contributed by atoms with Crippen molar-refractivity contribution in [3.8, 4) is 0 Å². The molecule has 0 saturated carbocycles. The van der Waals surface area contributed by atoms with Crippen LogP contribution in [0.1, 0.15) is 37.3 Å². The molecule has 0 saturated heterocycles. The molecule has 0 aliphatic rings. The third-order valence-electron chi connectivity index (χ3n) is 2.74. The number of aryl methyl sites for hydroxylation is 2. The Morgan fingerprint density at radius 2 is 1.69 bits per heavy atom. The second kappa shape index (κ2) is 6.38. The fourth-order valence-corrected chi connectivity index (χ4v) is 6.04. The van der Waals surface area contributed by atoms with Crippen LogP contribution in [0.25, 0.3) is 0 Å². The van der Waals surface area contributed by atoms with Crippen molar-refractivity contribution in [1.29, 1.82) is 0 Å². The quantitative estimate of drug-likeness (QED) is 0.507. The summed E-state index contributed by atoms with van der Waals surface area (Å²) in [5.74, 6) is 0. The van der Waals surface area contributed by atoms with E-state index in [0.29, 0.717) is 0 Å². The summed E-state index contributed by atoms with van der Waals surface area (Å²) in [6, 6.07) is 6.66. The molecule has 0 aliphatic carbocycles. The molecule has 0 heterocycles. The van der Waals surface area contributed by atoms with E-state index in [4.69, 9.17) is 11.2 Å². The Bertz CT molecular complexity index is 330. The molecule has 0 N–H and O–H groups in total. The standard InChI is InChI=1S/C13H21BrClP/c1-4-5-6-7-16(14,15)13-9-11(2)8-12(3)10-13/h8-10,16H,4-7H2,1-3H3. The van der Waals surface area contributed by atoms with E-state index >= 15 is 0 Å². The molecule has 0 nitrogen and oxygen atoms in total. The molecule has 0 bridgehead atoms. The van der Waals surface area contributed by atoms with Crippen molar-refractivity contribution in [2.24, 2.45) is 0 Å². The van der Waals surface area contributed by atoms with Crippen LogP contribution in [0.15, 0.2) is 18.2 Å². The molecule has 0 aliphatic heterocycles. The first-order valence-corrected chi connectivity index (χ1v) is 11.4. The molecule has 1 aromatic rings. The first-order valence-electron chi connectivity index (χ1n) is 5.92. The van der Waals surface area contributed by atoms with Crippen molar-refractivity contribution in [2.75, 3.05) is 6.16 Å². The Morgan fingerprint density at radius 1 is 1.12 bits per heavy atom. The van der Waals surface area contributed by atoms with Gasteiger partial charge in [-0.25, -0.2) is 0 Å². The summed E-state index contributed by atoms with van der Waals surface area (Å²) >= 11 is 10.5. The van der Waals surface area contributed by atoms with E-state index in [0.717, 1.165) is 6.16 Å². The van der Waals surface area contributed by atoms with Gasteiger partial charge < -0.3 is 0 Å². The van der Waals surface area contributed by atoms with Crippen molar-refractivity contribution in [1.82, 2.24) is 0 Å². The zero-order chi connectivity index (χ0) is 12.2. The third-order valence-corrected chi connectivity index (χ3v) is 8.64. The summed E-state index contributed by atoms with van der Waals surface area (Å²) < 4.78 is 0. The molecular formula is C13H21BrClP. The molecule has 3 heteroatoms. The van der Waals surface area contributed by atoms with Gasteiger partial charge in [-0.05, 0) is 0 Å². The van der Waals surface area contributed by atoms with E-state index in [1.807, 2.05) is 0 Å². The van der Waals surface area contributed by atoms with Crippen LogP contribution in [0, 0.1) is 13.8 Å². The summed E-state index contributed by atoms with van der Waals surface area (Å²) in [6.45, 7) is 6.50. The van der Waals surface area contributed by atoms with Crippen LogP contribution in [0.4, 0.5) is 0 Å². The summed E-state index contributed by atoms with van der Waals surface area (Å²) in [5.41, 5.74) is 2.62. The second-order valence-corrected chi connectivity index (χ2v) is 14.4. The first kappa shape index (κ1) is 14.5. The van der Waals surface area contributed by atoms with Crippen molar-refractivity contribution >= 4 is 37.4 Å². The number of benzene rings is 1. The number of hydrogen-bond donors (Lipinski definition) is 0. The minimum absolute atomic E-state index is 1.12. The fourth-order valence-electron chi connectivity index (χ4n) is 1.93. The van der Waals surface area contributed by atoms with Crippen molar-refractivity contribution in [3.05, 3.63) is 29.3 Å². The molecule has 1 aromatic carbocycles. The van der Waals surface area contributed by atoms with Crippen LogP contribution in [-0.2, 0) is 0 Å². The molecule has 1 rings (SSSR count). The summed E-state index contributed by atoms with van der Waals surface area (Å²) in [6.07, 6.45) is 4.87. The van der Waals surface area contributed by atoms with Gasteiger partial charge in [0.25, 0.3) is 0 Å². The molecule has 0 radical (unpaired) electrons. The first-order chi connectivity index (χ1) is 7.45. The predicted molar refractivity (Wildman–Crippen MR) is 83.0 cm³/mol. The van der Waals surface area contributed by atoms with Crippen LogP contribution < -0.4 is 5.30 Å². The zero-order valence-electron chi connectivity index (χ0n) is 10.3. The Hall–Kier alpha value is 0.420. The van der Waals surface area contributed by atoms with Gasteiger partial charge in [0.2, 0.25) is 0 Å². The normalized spacial score (nSPS) is 12.8. The Morgan fingerprint density at radius 3 is 2.19 bits per heavy atom. The SMILES string of the molecule is CCCCC[PH](Cl)(Br)c1cc(C)cc(C)c1. The van der Waals surface area contributed by atoms with Crippen LogP contribution in [-0.4, -0.2) is 6.16 Å². The Balaban J connectivity index is 2.80. The van der Waals surface area contributed by atoms with Gasteiger partial charge in [-0.2, -0.15) is 0 Å². The van der Waals surface area contributed by atoms with Crippen molar-refractivity contribution < 1.29 is 0 Å². The van der Waals surface area contributed by atoms with Crippen molar-refractivity contribution in [2.45, 2.75) is 40.0 Å². The summed E-state index contributed by atoms with van der Waals surface area (Å²) in [5, 5.41) is -0.573. The van der Waals surface area contributed by atoms with Gasteiger partial charge in [0.1, 0.15) is 0 Å². The number of hydrogen-bond acceptors (Lipinski definition) is 0. The Kier molecular flexibility index (Phi) is 5.77. The van der Waals surface area contributed by atoms with Crippen LogP contribution in [0.2, 0.25) is 0 Å². The molecule has 0 fully saturated rings. The summed E-state index contributed by atoms with van der Waals surface area (Å²) in [4.78, 5) is 0.